The number of fused-ring (bicyclic) bond motifs is 1. The van der Waals surface area contributed by atoms with Crippen molar-refractivity contribution >= 4 is 28.3 Å². The van der Waals surface area contributed by atoms with Crippen molar-refractivity contribution in [2.45, 2.75) is 19.8 Å². The number of ether oxygens (including phenoxy) is 1. The van der Waals surface area contributed by atoms with Crippen LogP contribution in [0.5, 0.6) is 5.75 Å². The van der Waals surface area contributed by atoms with Gasteiger partial charge in [0.15, 0.2) is 6.61 Å². The highest BCUT2D eigenvalue weighted by molar-refractivity contribution is 5.94. The molecule has 28 heavy (non-hydrogen) atoms. The normalized spacial score (nSPS) is 10.6. The van der Waals surface area contributed by atoms with Crippen LogP contribution in [0.15, 0.2) is 57.7 Å². The number of nitrogens with one attached hydrogen (secondary N) is 1. The van der Waals surface area contributed by atoms with Crippen molar-refractivity contribution in [1.82, 2.24) is 0 Å². The highest BCUT2D eigenvalue weighted by Gasteiger charge is 2.15. The van der Waals surface area contributed by atoms with Gasteiger partial charge < -0.3 is 14.5 Å². The summed E-state index contributed by atoms with van der Waals surface area (Å²) in [6, 6.07) is 12.3. The minimum atomic E-state index is -0.574. The molecule has 1 amide bonds. The third-order valence-electron chi connectivity index (χ3n) is 4.07. The largest absolute Gasteiger partial charge is 0.484 e. The molecule has 8 heteroatoms. The van der Waals surface area contributed by atoms with Crippen molar-refractivity contribution in [3.05, 3.63) is 74.6 Å². The maximum absolute atomic E-state index is 12.1. The molecule has 0 aliphatic carbocycles. The Bertz CT molecular complexity index is 1090. The van der Waals surface area contributed by atoms with Crippen molar-refractivity contribution in [2.75, 3.05) is 11.9 Å². The number of carbonyl (C=O) groups is 1. The van der Waals surface area contributed by atoms with Gasteiger partial charge in [0.2, 0.25) is 0 Å². The van der Waals surface area contributed by atoms with Crippen molar-refractivity contribution in [3.63, 3.8) is 0 Å². The zero-order chi connectivity index (χ0) is 20.1. The van der Waals surface area contributed by atoms with Crippen molar-refractivity contribution < 1.29 is 18.9 Å². The lowest BCUT2D eigenvalue weighted by molar-refractivity contribution is -0.383. The molecule has 0 aliphatic rings. The third-order valence-corrected chi connectivity index (χ3v) is 4.07. The first kappa shape index (κ1) is 19.1. The molecule has 0 unspecified atom stereocenters. The zero-order valence-electron chi connectivity index (χ0n) is 15.1. The number of nitrogens with zero attached hydrogens (tertiary/aromatic N) is 1. The van der Waals surface area contributed by atoms with E-state index in [1.807, 2.05) is 6.92 Å². The fourth-order valence-corrected chi connectivity index (χ4v) is 2.85. The first-order valence-electron chi connectivity index (χ1n) is 8.70. The molecule has 1 aromatic heterocycles. The van der Waals surface area contributed by atoms with E-state index in [1.54, 1.807) is 24.3 Å². The molecule has 0 saturated heterocycles. The lowest BCUT2D eigenvalue weighted by Gasteiger charge is -2.09. The minimum absolute atomic E-state index is 0.0924. The maximum atomic E-state index is 12.1. The van der Waals surface area contributed by atoms with Gasteiger partial charge in [-0.05, 0) is 30.2 Å². The van der Waals surface area contributed by atoms with Gasteiger partial charge in [0.05, 0.1) is 4.92 Å². The Morgan fingerprint density at radius 2 is 2.00 bits per heavy atom. The van der Waals surface area contributed by atoms with Gasteiger partial charge in [0, 0.05) is 23.6 Å². The molecule has 144 valence electrons. The van der Waals surface area contributed by atoms with E-state index in [0.29, 0.717) is 11.3 Å². The summed E-state index contributed by atoms with van der Waals surface area (Å²) in [5.41, 5.74) is 0.728. The fraction of sp³-hybridized carbons (Fsp3) is 0.200. The number of amides is 1. The highest BCUT2D eigenvalue weighted by Crippen LogP contribution is 2.25. The Kier molecular flexibility index (Phi) is 5.69. The molecule has 0 radical (unpaired) electrons. The Hall–Kier alpha value is -3.68. The first-order valence-corrected chi connectivity index (χ1v) is 8.70. The van der Waals surface area contributed by atoms with Gasteiger partial charge in [-0.1, -0.05) is 25.5 Å². The van der Waals surface area contributed by atoms with Crippen LogP contribution < -0.4 is 15.7 Å². The molecule has 0 aliphatic heterocycles. The molecule has 8 nitrogen and oxygen atoms in total. The van der Waals surface area contributed by atoms with Crippen LogP contribution in [0.3, 0.4) is 0 Å². The number of rotatable bonds is 7. The summed E-state index contributed by atoms with van der Waals surface area (Å²) in [5.74, 6) is -0.197. The maximum Gasteiger partial charge on any atom is 0.336 e. The fourth-order valence-electron chi connectivity index (χ4n) is 2.85. The lowest BCUT2D eigenvalue weighted by Crippen LogP contribution is -2.20. The zero-order valence-corrected chi connectivity index (χ0v) is 15.1. The van der Waals surface area contributed by atoms with Crippen LogP contribution in [0, 0.1) is 10.1 Å². The Morgan fingerprint density at radius 3 is 2.75 bits per heavy atom. The third kappa shape index (κ3) is 4.35. The lowest BCUT2D eigenvalue weighted by atomic mass is 10.1. The molecule has 2 aromatic carbocycles. The van der Waals surface area contributed by atoms with Gasteiger partial charge >= 0.3 is 5.63 Å². The van der Waals surface area contributed by atoms with Gasteiger partial charge in [-0.15, -0.1) is 0 Å². The molecule has 0 bridgehead atoms. The van der Waals surface area contributed by atoms with Gasteiger partial charge in [0.25, 0.3) is 11.6 Å². The monoisotopic (exact) mass is 382 g/mol. The molecule has 0 fully saturated rings. The average Bonchev–Trinajstić information content (AvgIpc) is 2.66. The number of hydrogen-bond donors (Lipinski definition) is 1. The van der Waals surface area contributed by atoms with Crippen LogP contribution in [0.1, 0.15) is 18.9 Å². The number of carbonyl (C=O) groups excluding carboxylic acids is 1. The number of nitro groups is 1. The number of nitro benzene ring substituents is 1. The Morgan fingerprint density at radius 1 is 1.21 bits per heavy atom. The predicted octanol–water partition coefficient (Wildman–Crippen LogP) is 3.67. The van der Waals surface area contributed by atoms with Gasteiger partial charge in [-0.2, -0.15) is 0 Å². The summed E-state index contributed by atoms with van der Waals surface area (Å²) >= 11 is 0. The molecular weight excluding hydrogens is 364 g/mol. The quantitative estimate of drug-likeness (QED) is 0.379. The molecule has 3 aromatic rings. The summed E-state index contributed by atoms with van der Waals surface area (Å²) in [6.07, 6.45) is 1.64. The number of aryl methyl sites for hydroxylation is 1. The number of para-hydroxylation sites is 2. The van der Waals surface area contributed by atoms with Crippen molar-refractivity contribution in [1.29, 1.82) is 0 Å². The number of anilines is 1. The summed E-state index contributed by atoms with van der Waals surface area (Å²) in [4.78, 5) is 34.2. The van der Waals surface area contributed by atoms with Gasteiger partial charge in [-0.25, -0.2) is 4.79 Å². The van der Waals surface area contributed by atoms with E-state index >= 15 is 0 Å². The smallest absolute Gasteiger partial charge is 0.336 e. The molecule has 0 atom stereocenters. The van der Waals surface area contributed by atoms with E-state index in [0.717, 1.165) is 23.8 Å². The topological polar surface area (TPSA) is 112 Å². The van der Waals surface area contributed by atoms with E-state index in [-0.39, 0.29) is 18.0 Å². The van der Waals surface area contributed by atoms with Crippen LogP contribution in [-0.4, -0.2) is 17.4 Å². The van der Waals surface area contributed by atoms with Gasteiger partial charge in [-0.3, -0.25) is 14.9 Å². The second-order valence-corrected chi connectivity index (χ2v) is 6.11. The molecule has 1 heterocycles. The standard InChI is InChI=1S/C20H18N2O6/c1-2-5-13-10-20(24)28-18-11-14(8-9-15(13)18)27-12-19(23)21-16-6-3-4-7-17(16)22(25)26/h3-4,6-11H,2,5,12H2,1H3,(H,21,23). The molecule has 1 N–H and O–H groups in total. The summed E-state index contributed by atoms with van der Waals surface area (Å²) in [6.45, 7) is 1.67. The highest BCUT2D eigenvalue weighted by atomic mass is 16.6. The average molecular weight is 382 g/mol. The Labute approximate surface area is 159 Å². The first-order chi connectivity index (χ1) is 13.5. The summed E-state index contributed by atoms with van der Waals surface area (Å²) in [7, 11) is 0. The Balaban J connectivity index is 1.72. The van der Waals surface area contributed by atoms with E-state index in [4.69, 9.17) is 9.15 Å². The predicted molar refractivity (Wildman–Crippen MR) is 104 cm³/mol. The molecule has 0 spiro atoms. The van der Waals surface area contributed by atoms with Crippen LogP contribution >= 0.6 is 0 Å². The van der Waals surface area contributed by atoms with E-state index < -0.39 is 16.5 Å². The van der Waals surface area contributed by atoms with Crippen LogP contribution in [0.25, 0.3) is 11.0 Å². The second-order valence-electron chi connectivity index (χ2n) is 6.11. The van der Waals surface area contributed by atoms with Crippen molar-refractivity contribution in [2.24, 2.45) is 0 Å². The molecular formula is C20H18N2O6. The van der Waals surface area contributed by atoms with Crippen LogP contribution in [0.2, 0.25) is 0 Å². The van der Waals surface area contributed by atoms with Crippen molar-refractivity contribution in [3.8, 4) is 5.75 Å². The summed E-state index contributed by atoms with van der Waals surface area (Å²) in [5, 5.41) is 14.3. The van der Waals surface area contributed by atoms with E-state index in [9.17, 15) is 19.7 Å². The van der Waals surface area contributed by atoms with E-state index in [2.05, 4.69) is 5.32 Å². The second kappa shape index (κ2) is 8.34. The SMILES string of the molecule is CCCc1cc(=O)oc2cc(OCC(=O)Nc3ccccc3[N+](=O)[O-])ccc12. The van der Waals surface area contributed by atoms with Crippen LogP contribution in [-0.2, 0) is 11.2 Å². The summed E-state index contributed by atoms with van der Waals surface area (Å²) < 4.78 is 10.7. The minimum Gasteiger partial charge on any atom is -0.484 e. The van der Waals surface area contributed by atoms with Gasteiger partial charge in [0.1, 0.15) is 17.0 Å². The van der Waals surface area contributed by atoms with E-state index in [1.165, 1.54) is 24.3 Å². The molecule has 3 rings (SSSR count). The molecule has 0 saturated carbocycles. The number of hydrogen-bond acceptors (Lipinski definition) is 6. The van der Waals surface area contributed by atoms with Crippen LogP contribution in [0.4, 0.5) is 11.4 Å². The number of benzene rings is 2.